The SMILES string of the molecule is C[C@@H](NCc1ncc(-c2ccc(F)cc2)o1)C(=O)O. The van der Waals surface area contributed by atoms with E-state index in [4.69, 9.17) is 9.52 Å². The number of oxazole rings is 1. The highest BCUT2D eigenvalue weighted by Crippen LogP contribution is 2.20. The second-order valence-corrected chi connectivity index (χ2v) is 4.07. The molecule has 0 bridgehead atoms. The van der Waals surface area contributed by atoms with Crippen molar-refractivity contribution in [3.05, 3.63) is 42.2 Å². The van der Waals surface area contributed by atoms with Crippen LogP contribution in [0.15, 0.2) is 34.9 Å². The maximum absolute atomic E-state index is 12.8. The van der Waals surface area contributed by atoms with Crippen molar-refractivity contribution in [2.75, 3.05) is 0 Å². The van der Waals surface area contributed by atoms with E-state index in [0.717, 1.165) is 0 Å². The van der Waals surface area contributed by atoms with Gasteiger partial charge in [-0.05, 0) is 31.2 Å². The summed E-state index contributed by atoms with van der Waals surface area (Å²) in [6.07, 6.45) is 1.52. The van der Waals surface area contributed by atoms with E-state index in [0.29, 0.717) is 17.2 Å². The Balaban J connectivity index is 2.03. The smallest absolute Gasteiger partial charge is 0.320 e. The number of carboxylic acid groups (broad SMARTS) is 1. The van der Waals surface area contributed by atoms with Crippen LogP contribution in [0, 0.1) is 5.82 Å². The average Bonchev–Trinajstić information content (AvgIpc) is 2.85. The van der Waals surface area contributed by atoms with Crippen LogP contribution in [0.25, 0.3) is 11.3 Å². The summed E-state index contributed by atoms with van der Waals surface area (Å²) in [5.74, 6) is -0.363. The Kier molecular flexibility index (Phi) is 3.91. The zero-order valence-electron chi connectivity index (χ0n) is 10.3. The van der Waals surface area contributed by atoms with Crippen LogP contribution in [-0.2, 0) is 11.3 Å². The molecule has 6 heteroatoms. The Hall–Kier alpha value is -2.21. The maximum atomic E-state index is 12.8. The first-order valence-corrected chi connectivity index (χ1v) is 5.73. The number of carbonyl (C=O) groups is 1. The van der Waals surface area contributed by atoms with Gasteiger partial charge in [0.15, 0.2) is 5.76 Å². The largest absolute Gasteiger partial charge is 0.480 e. The van der Waals surface area contributed by atoms with Crippen LogP contribution in [0.2, 0.25) is 0 Å². The third-order valence-corrected chi connectivity index (χ3v) is 2.61. The molecule has 1 atom stereocenters. The summed E-state index contributed by atoms with van der Waals surface area (Å²) in [5, 5.41) is 11.5. The van der Waals surface area contributed by atoms with Gasteiger partial charge in [-0.1, -0.05) is 0 Å². The zero-order valence-corrected chi connectivity index (χ0v) is 10.3. The van der Waals surface area contributed by atoms with Gasteiger partial charge in [0.25, 0.3) is 0 Å². The average molecular weight is 264 g/mol. The van der Waals surface area contributed by atoms with Crippen LogP contribution in [0.4, 0.5) is 4.39 Å². The number of nitrogens with one attached hydrogen (secondary N) is 1. The summed E-state index contributed by atoms with van der Waals surface area (Å²) in [7, 11) is 0. The molecule has 2 rings (SSSR count). The molecule has 1 aromatic heterocycles. The van der Waals surface area contributed by atoms with Crippen molar-refractivity contribution in [2.45, 2.75) is 19.5 Å². The summed E-state index contributed by atoms with van der Waals surface area (Å²) >= 11 is 0. The molecule has 0 saturated carbocycles. The molecule has 0 saturated heterocycles. The summed E-state index contributed by atoms with van der Waals surface area (Å²) in [4.78, 5) is 14.7. The Morgan fingerprint density at radius 3 is 2.79 bits per heavy atom. The van der Waals surface area contributed by atoms with E-state index in [1.807, 2.05) is 0 Å². The Bertz CT molecular complexity index is 566. The van der Waals surface area contributed by atoms with Crippen LogP contribution in [0.5, 0.6) is 0 Å². The number of benzene rings is 1. The van der Waals surface area contributed by atoms with Crippen molar-refractivity contribution < 1.29 is 18.7 Å². The third-order valence-electron chi connectivity index (χ3n) is 2.61. The van der Waals surface area contributed by atoms with E-state index in [2.05, 4.69) is 10.3 Å². The van der Waals surface area contributed by atoms with E-state index in [1.165, 1.54) is 25.3 Å². The van der Waals surface area contributed by atoms with Crippen molar-refractivity contribution in [1.29, 1.82) is 0 Å². The lowest BCUT2D eigenvalue weighted by Gasteiger charge is -2.05. The molecule has 5 nitrogen and oxygen atoms in total. The summed E-state index contributed by atoms with van der Waals surface area (Å²) in [5.41, 5.74) is 0.714. The molecule has 19 heavy (non-hydrogen) atoms. The van der Waals surface area contributed by atoms with Crippen LogP contribution < -0.4 is 5.32 Å². The minimum absolute atomic E-state index is 0.217. The second kappa shape index (κ2) is 5.62. The quantitative estimate of drug-likeness (QED) is 0.864. The Labute approximate surface area is 109 Å². The van der Waals surface area contributed by atoms with Crippen molar-refractivity contribution in [3.8, 4) is 11.3 Å². The number of rotatable bonds is 5. The molecule has 2 aromatic rings. The van der Waals surface area contributed by atoms with Gasteiger partial charge in [0, 0.05) is 5.56 Å². The van der Waals surface area contributed by atoms with Crippen molar-refractivity contribution >= 4 is 5.97 Å². The Morgan fingerprint density at radius 2 is 2.16 bits per heavy atom. The van der Waals surface area contributed by atoms with Gasteiger partial charge in [0.05, 0.1) is 12.7 Å². The second-order valence-electron chi connectivity index (χ2n) is 4.07. The van der Waals surface area contributed by atoms with Gasteiger partial charge in [-0.2, -0.15) is 0 Å². The van der Waals surface area contributed by atoms with E-state index >= 15 is 0 Å². The van der Waals surface area contributed by atoms with Crippen molar-refractivity contribution in [1.82, 2.24) is 10.3 Å². The molecule has 0 aliphatic heterocycles. The van der Waals surface area contributed by atoms with Gasteiger partial charge in [-0.3, -0.25) is 10.1 Å². The molecular formula is C13H13FN2O3. The number of carboxylic acids is 1. The molecule has 100 valence electrons. The monoisotopic (exact) mass is 264 g/mol. The van der Waals surface area contributed by atoms with E-state index in [1.54, 1.807) is 12.1 Å². The summed E-state index contributed by atoms with van der Waals surface area (Å²) < 4.78 is 18.2. The number of nitrogens with zero attached hydrogens (tertiary/aromatic N) is 1. The molecule has 0 spiro atoms. The summed E-state index contributed by atoms with van der Waals surface area (Å²) in [6.45, 7) is 1.75. The molecule has 0 aliphatic carbocycles. The standard InChI is InChI=1S/C13H13FN2O3/c1-8(13(17)18)15-7-12-16-6-11(19-12)9-2-4-10(14)5-3-9/h2-6,8,15H,7H2,1H3,(H,17,18)/t8-/m1/s1. The lowest BCUT2D eigenvalue weighted by atomic mass is 10.2. The predicted octanol–water partition coefficient (Wildman–Crippen LogP) is 2.04. The highest BCUT2D eigenvalue weighted by Gasteiger charge is 2.12. The molecule has 1 heterocycles. The van der Waals surface area contributed by atoms with Gasteiger partial charge in [0.2, 0.25) is 5.89 Å². The number of hydrogen-bond donors (Lipinski definition) is 2. The first kappa shape index (κ1) is 13.2. The van der Waals surface area contributed by atoms with Crippen LogP contribution >= 0.6 is 0 Å². The lowest BCUT2D eigenvalue weighted by Crippen LogP contribution is -2.33. The number of hydrogen-bond acceptors (Lipinski definition) is 4. The van der Waals surface area contributed by atoms with Crippen molar-refractivity contribution in [3.63, 3.8) is 0 Å². The fourth-order valence-electron chi connectivity index (χ4n) is 1.47. The first-order valence-electron chi connectivity index (χ1n) is 5.73. The number of aliphatic carboxylic acids is 1. The third kappa shape index (κ3) is 3.38. The first-order chi connectivity index (χ1) is 9.06. The van der Waals surface area contributed by atoms with E-state index < -0.39 is 12.0 Å². The predicted molar refractivity (Wildman–Crippen MR) is 65.8 cm³/mol. The van der Waals surface area contributed by atoms with Gasteiger partial charge < -0.3 is 9.52 Å². The normalized spacial score (nSPS) is 12.3. The molecule has 0 fully saturated rings. The molecular weight excluding hydrogens is 251 g/mol. The molecule has 0 unspecified atom stereocenters. The molecule has 1 aromatic carbocycles. The van der Waals surface area contributed by atoms with E-state index in [-0.39, 0.29) is 12.4 Å². The number of halogens is 1. The van der Waals surface area contributed by atoms with Crippen LogP contribution in [0.1, 0.15) is 12.8 Å². The van der Waals surface area contributed by atoms with Crippen LogP contribution in [-0.4, -0.2) is 22.1 Å². The fourth-order valence-corrected chi connectivity index (χ4v) is 1.47. The molecule has 0 aliphatic rings. The van der Waals surface area contributed by atoms with Crippen molar-refractivity contribution in [2.24, 2.45) is 0 Å². The van der Waals surface area contributed by atoms with Crippen LogP contribution in [0.3, 0.4) is 0 Å². The highest BCUT2D eigenvalue weighted by atomic mass is 19.1. The molecule has 0 radical (unpaired) electrons. The zero-order chi connectivity index (χ0) is 13.8. The Morgan fingerprint density at radius 1 is 1.47 bits per heavy atom. The molecule has 0 amide bonds. The van der Waals surface area contributed by atoms with Gasteiger partial charge in [-0.15, -0.1) is 0 Å². The van der Waals surface area contributed by atoms with Gasteiger partial charge in [-0.25, -0.2) is 9.37 Å². The maximum Gasteiger partial charge on any atom is 0.320 e. The van der Waals surface area contributed by atoms with Gasteiger partial charge >= 0.3 is 5.97 Å². The minimum atomic E-state index is -0.940. The van der Waals surface area contributed by atoms with E-state index in [9.17, 15) is 9.18 Å². The summed E-state index contributed by atoms with van der Waals surface area (Å²) in [6, 6.07) is 5.17. The highest BCUT2D eigenvalue weighted by molar-refractivity contribution is 5.72. The minimum Gasteiger partial charge on any atom is -0.480 e. The fraction of sp³-hybridized carbons (Fsp3) is 0.231. The number of aromatic nitrogens is 1. The van der Waals surface area contributed by atoms with Gasteiger partial charge in [0.1, 0.15) is 11.9 Å². The lowest BCUT2D eigenvalue weighted by molar-refractivity contribution is -0.139. The molecule has 2 N–H and O–H groups in total. The topological polar surface area (TPSA) is 75.4 Å².